The molecule has 0 aromatic rings. The van der Waals surface area contributed by atoms with Crippen LogP contribution < -0.4 is 0 Å². The van der Waals surface area contributed by atoms with Gasteiger partial charge in [-0.15, -0.1) is 10.1 Å². The van der Waals surface area contributed by atoms with E-state index in [-0.39, 0.29) is 0 Å². The summed E-state index contributed by atoms with van der Waals surface area (Å²) in [5.41, 5.74) is -1.11. The Morgan fingerprint density at radius 2 is 2.17 bits per heavy atom. The van der Waals surface area contributed by atoms with Gasteiger partial charge in [0.1, 0.15) is 5.60 Å². The van der Waals surface area contributed by atoms with E-state index in [4.69, 9.17) is 0 Å². The van der Waals surface area contributed by atoms with Crippen LogP contribution in [-0.2, 0) is 4.84 Å². The summed E-state index contributed by atoms with van der Waals surface area (Å²) in [7, 11) is 0. The molecule has 0 aromatic heterocycles. The van der Waals surface area contributed by atoms with Crippen LogP contribution in [-0.4, -0.2) is 21.9 Å². The van der Waals surface area contributed by atoms with Crippen LogP contribution in [0.25, 0.3) is 0 Å². The van der Waals surface area contributed by atoms with Crippen LogP contribution in [0, 0.1) is 10.1 Å². The molecule has 72 valence electrons. The van der Waals surface area contributed by atoms with E-state index in [2.05, 4.69) is 4.84 Å². The summed E-state index contributed by atoms with van der Waals surface area (Å²) in [4.78, 5) is 14.3. The first-order valence-electron chi connectivity index (χ1n) is 3.91. The predicted octanol–water partition coefficient (Wildman–Crippen LogP) is 1.13. The van der Waals surface area contributed by atoms with Crippen LogP contribution in [0.15, 0.2) is 0 Å². The Hall–Kier alpha value is -0.840. The van der Waals surface area contributed by atoms with Gasteiger partial charge in [0.25, 0.3) is 5.09 Å². The Morgan fingerprint density at radius 3 is 2.50 bits per heavy atom. The third-order valence-electron chi connectivity index (χ3n) is 1.67. The monoisotopic (exact) mass is 177 g/mol. The lowest BCUT2D eigenvalue weighted by molar-refractivity contribution is -0.781. The van der Waals surface area contributed by atoms with E-state index in [0.29, 0.717) is 6.42 Å². The maximum Gasteiger partial charge on any atom is 0.295 e. The molecule has 0 aliphatic carbocycles. The molecule has 0 amide bonds. The number of nitrogens with zero attached hydrogens (tertiary/aromatic N) is 1. The van der Waals surface area contributed by atoms with Gasteiger partial charge in [0.2, 0.25) is 0 Å². The SMILES string of the molecule is CCCC(O)C(C)(C)O[N+](=O)[O-]. The molecular weight excluding hydrogens is 162 g/mol. The largest absolute Gasteiger partial charge is 0.391 e. The molecule has 0 fully saturated rings. The van der Waals surface area contributed by atoms with E-state index in [9.17, 15) is 15.2 Å². The fourth-order valence-electron chi connectivity index (χ4n) is 0.874. The number of hydrogen-bond donors (Lipinski definition) is 1. The minimum Gasteiger partial charge on any atom is -0.391 e. The number of hydrogen-bond acceptors (Lipinski definition) is 4. The van der Waals surface area contributed by atoms with E-state index >= 15 is 0 Å². The molecule has 0 aromatic carbocycles. The maximum atomic E-state index is 10.00. The Morgan fingerprint density at radius 1 is 1.67 bits per heavy atom. The molecular formula is C7H15NO4. The lowest BCUT2D eigenvalue weighted by atomic mass is 9.98. The molecule has 0 heterocycles. The van der Waals surface area contributed by atoms with E-state index < -0.39 is 16.8 Å². The zero-order chi connectivity index (χ0) is 9.78. The molecule has 1 N–H and O–H groups in total. The number of rotatable bonds is 5. The highest BCUT2D eigenvalue weighted by Crippen LogP contribution is 2.18. The Bertz CT molecular complexity index is 157. The summed E-state index contributed by atoms with van der Waals surface area (Å²) < 4.78 is 0. The van der Waals surface area contributed by atoms with Crippen molar-refractivity contribution in [3.05, 3.63) is 10.1 Å². The molecule has 1 atom stereocenters. The van der Waals surface area contributed by atoms with Gasteiger partial charge in [0, 0.05) is 0 Å². The standard InChI is InChI=1S/C7H15NO4/c1-4-5-6(9)7(2,3)12-8(10)11/h6,9H,4-5H2,1-3H3. The van der Waals surface area contributed by atoms with E-state index in [0.717, 1.165) is 6.42 Å². The molecule has 0 saturated carbocycles. The molecule has 0 bridgehead atoms. The van der Waals surface area contributed by atoms with Crippen molar-refractivity contribution in [3.8, 4) is 0 Å². The van der Waals surface area contributed by atoms with Crippen molar-refractivity contribution >= 4 is 0 Å². The average molecular weight is 177 g/mol. The molecule has 1 unspecified atom stereocenters. The normalized spacial score (nSPS) is 14.0. The minimum absolute atomic E-state index is 0.501. The van der Waals surface area contributed by atoms with Gasteiger partial charge in [-0.2, -0.15) is 0 Å². The van der Waals surface area contributed by atoms with Crippen LogP contribution in [0.4, 0.5) is 0 Å². The molecule has 0 radical (unpaired) electrons. The van der Waals surface area contributed by atoms with Crippen molar-refractivity contribution in [2.24, 2.45) is 0 Å². The summed E-state index contributed by atoms with van der Waals surface area (Å²) in [5.74, 6) is 0. The zero-order valence-corrected chi connectivity index (χ0v) is 7.61. The van der Waals surface area contributed by atoms with E-state index in [1.165, 1.54) is 13.8 Å². The van der Waals surface area contributed by atoms with Crippen molar-refractivity contribution in [2.45, 2.75) is 45.3 Å². The van der Waals surface area contributed by atoms with Gasteiger partial charge in [-0.05, 0) is 20.3 Å². The Balaban J connectivity index is 4.07. The van der Waals surface area contributed by atoms with Gasteiger partial charge in [-0.3, -0.25) is 0 Å². The van der Waals surface area contributed by atoms with Gasteiger partial charge in [-0.1, -0.05) is 13.3 Å². The third-order valence-corrected chi connectivity index (χ3v) is 1.67. The second-order valence-corrected chi connectivity index (χ2v) is 3.22. The Kier molecular flexibility index (Phi) is 3.95. The molecule has 0 aliphatic heterocycles. The first-order valence-corrected chi connectivity index (χ1v) is 3.91. The van der Waals surface area contributed by atoms with Gasteiger partial charge in [0.15, 0.2) is 0 Å². The van der Waals surface area contributed by atoms with Gasteiger partial charge in [-0.25, -0.2) is 0 Å². The van der Waals surface area contributed by atoms with Crippen LogP contribution in [0.3, 0.4) is 0 Å². The van der Waals surface area contributed by atoms with Crippen LogP contribution in [0.5, 0.6) is 0 Å². The molecule has 0 rings (SSSR count). The van der Waals surface area contributed by atoms with Crippen LogP contribution >= 0.6 is 0 Å². The van der Waals surface area contributed by atoms with E-state index in [1.54, 1.807) is 0 Å². The lowest BCUT2D eigenvalue weighted by Crippen LogP contribution is -2.40. The smallest absolute Gasteiger partial charge is 0.295 e. The highest BCUT2D eigenvalue weighted by Gasteiger charge is 2.31. The fourth-order valence-corrected chi connectivity index (χ4v) is 0.874. The molecule has 0 spiro atoms. The highest BCUT2D eigenvalue weighted by molar-refractivity contribution is 4.76. The molecule has 5 heteroatoms. The van der Waals surface area contributed by atoms with Gasteiger partial charge in [0.05, 0.1) is 6.10 Å². The zero-order valence-electron chi connectivity index (χ0n) is 7.61. The third kappa shape index (κ3) is 3.52. The second kappa shape index (κ2) is 4.25. The van der Waals surface area contributed by atoms with Crippen LogP contribution in [0.1, 0.15) is 33.6 Å². The molecule has 0 saturated heterocycles. The number of aliphatic hydroxyl groups is 1. The second-order valence-electron chi connectivity index (χ2n) is 3.22. The highest BCUT2D eigenvalue weighted by atomic mass is 17.0. The minimum atomic E-state index is -1.11. The molecule has 12 heavy (non-hydrogen) atoms. The lowest BCUT2D eigenvalue weighted by Gasteiger charge is -2.27. The van der Waals surface area contributed by atoms with Crippen molar-refractivity contribution < 1.29 is 15.0 Å². The summed E-state index contributed by atoms with van der Waals surface area (Å²) in [6.07, 6.45) is 0.472. The van der Waals surface area contributed by atoms with E-state index in [1.807, 2.05) is 6.92 Å². The fraction of sp³-hybridized carbons (Fsp3) is 1.00. The Labute approximate surface area is 71.4 Å². The number of aliphatic hydroxyl groups excluding tert-OH is 1. The predicted molar refractivity (Wildman–Crippen MR) is 43.1 cm³/mol. The van der Waals surface area contributed by atoms with Crippen molar-refractivity contribution in [1.29, 1.82) is 0 Å². The average Bonchev–Trinajstić information content (AvgIpc) is 1.85. The van der Waals surface area contributed by atoms with Gasteiger partial charge < -0.3 is 9.94 Å². The van der Waals surface area contributed by atoms with Crippen molar-refractivity contribution in [2.75, 3.05) is 0 Å². The molecule has 0 aliphatic rings. The van der Waals surface area contributed by atoms with Crippen molar-refractivity contribution in [3.63, 3.8) is 0 Å². The quantitative estimate of drug-likeness (QED) is 0.504. The van der Waals surface area contributed by atoms with Crippen LogP contribution in [0.2, 0.25) is 0 Å². The summed E-state index contributed by atoms with van der Waals surface area (Å²) >= 11 is 0. The maximum absolute atomic E-state index is 10.00. The summed E-state index contributed by atoms with van der Waals surface area (Å²) in [6.45, 7) is 4.89. The van der Waals surface area contributed by atoms with Crippen molar-refractivity contribution in [1.82, 2.24) is 0 Å². The first kappa shape index (κ1) is 11.2. The molecule has 5 nitrogen and oxygen atoms in total. The van der Waals surface area contributed by atoms with Gasteiger partial charge >= 0.3 is 0 Å². The summed E-state index contributed by atoms with van der Waals surface area (Å²) in [5, 5.41) is 18.5. The summed E-state index contributed by atoms with van der Waals surface area (Å²) in [6, 6.07) is 0. The first-order chi connectivity index (χ1) is 5.40. The topological polar surface area (TPSA) is 72.6 Å².